The van der Waals surface area contributed by atoms with Gasteiger partial charge in [-0.3, -0.25) is 14.4 Å². The summed E-state index contributed by atoms with van der Waals surface area (Å²) in [5, 5.41) is 19.3. The molecule has 1 N–H and O–H groups in total. The first-order valence-corrected chi connectivity index (χ1v) is 16.0. The second kappa shape index (κ2) is 12.8. The lowest BCUT2D eigenvalue weighted by molar-refractivity contribution is -0.163. The number of carbonyl (C=O) groups is 3. The number of aliphatic hydroxyl groups excluding tert-OH is 1. The van der Waals surface area contributed by atoms with E-state index in [9.17, 15) is 19.5 Å². The molecule has 0 radical (unpaired) electrons. The number of ether oxygens (including phenoxy) is 2. The summed E-state index contributed by atoms with van der Waals surface area (Å²) in [6.45, 7) is 9.52. The van der Waals surface area contributed by atoms with E-state index in [1.54, 1.807) is 21.7 Å². The highest BCUT2D eigenvalue weighted by Gasteiger charge is 2.79. The van der Waals surface area contributed by atoms with Gasteiger partial charge in [0, 0.05) is 6.54 Å². The summed E-state index contributed by atoms with van der Waals surface area (Å²) in [6, 6.07) is 15.2. The monoisotopic (exact) mass is 627 g/mol. The quantitative estimate of drug-likeness (QED) is 0.164. The normalized spacial score (nSPS) is 27.0. The number of aromatic nitrogens is 3. The molecule has 0 aliphatic carbocycles. The molecule has 3 fully saturated rings. The van der Waals surface area contributed by atoms with Gasteiger partial charge in [0.15, 0.2) is 0 Å². The minimum atomic E-state index is -1.28. The van der Waals surface area contributed by atoms with Crippen LogP contribution in [0.5, 0.6) is 0 Å². The van der Waals surface area contributed by atoms with Gasteiger partial charge in [0.2, 0.25) is 11.8 Å². The smallest absolute Gasteiger partial charge is 0.312 e. The van der Waals surface area contributed by atoms with Crippen LogP contribution in [0.2, 0.25) is 0 Å². The maximum atomic E-state index is 15.0. The van der Waals surface area contributed by atoms with Crippen molar-refractivity contribution in [3.63, 3.8) is 0 Å². The Morgan fingerprint density at radius 3 is 2.63 bits per heavy atom. The lowest BCUT2D eigenvalue weighted by Gasteiger charge is -2.39. The molecule has 3 aromatic rings. The van der Waals surface area contributed by atoms with Gasteiger partial charge in [-0.25, -0.2) is 4.68 Å². The molecule has 2 unspecified atom stereocenters. The van der Waals surface area contributed by atoms with Crippen LogP contribution in [0.1, 0.15) is 38.2 Å². The van der Waals surface area contributed by atoms with E-state index in [2.05, 4.69) is 23.5 Å². The minimum Gasteiger partial charge on any atom is -0.465 e. The van der Waals surface area contributed by atoms with Gasteiger partial charge in [-0.2, -0.15) is 0 Å². The van der Waals surface area contributed by atoms with Crippen molar-refractivity contribution in [3.8, 4) is 0 Å². The molecule has 3 saturated heterocycles. The zero-order valence-corrected chi connectivity index (χ0v) is 26.2. The first-order valence-electron chi connectivity index (χ1n) is 16.0. The zero-order chi connectivity index (χ0) is 32.5. The van der Waals surface area contributed by atoms with Crippen LogP contribution in [0.4, 0.5) is 0 Å². The Bertz CT molecular complexity index is 1630. The second-order valence-electron chi connectivity index (χ2n) is 12.4. The highest BCUT2D eigenvalue weighted by atomic mass is 16.6. The number of nitrogens with zero attached hydrogens (tertiary/aromatic N) is 5. The lowest BCUT2D eigenvalue weighted by atomic mass is 9.65. The largest absolute Gasteiger partial charge is 0.465 e. The molecular formula is C35H41N5O6. The maximum Gasteiger partial charge on any atom is 0.312 e. The molecule has 11 heteroatoms. The summed E-state index contributed by atoms with van der Waals surface area (Å²) in [6.07, 6.45) is 5.49. The summed E-state index contributed by atoms with van der Waals surface area (Å²) in [5.74, 6) is -3.06. The summed E-state index contributed by atoms with van der Waals surface area (Å²) < 4.78 is 14.2. The van der Waals surface area contributed by atoms with Gasteiger partial charge in [-0.1, -0.05) is 66.8 Å². The Hall–Kier alpha value is -4.35. The minimum absolute atomic E-state index is 0.0546. The van der Waals surface area contributed by atoms with Gasteiger partial charge in [-0.05, 0) is 49.8 Å². The number of likely N-dealkylation sites (tertiary alicyclic amines) is 1. The Morgan fingerprint density at radius 1 is 1.15 bits per heavy atom. The van der Waals surface area contributed by atoms with Gasteiger partial charge in [0.05, 0.1) is 36.3 Å². The van der Waals surface area contributed by atoms with Gasteiger partial charge in [0.1, 0.15) is 29.7 Å². The van der Waals surface area contributed by atoms with Crippen LogP contribution in [0.3, 0.4) is 0 Å². The Morgan fingerprint density at radius 2 is 1.91 bits per heavy atom. The number of para-hydroxylation sites is 1. The van der Waals surface area contributed by atoms with Crippen molar-refractivity contribution >= 4 is 28.8 Å². The van der Waals surface area contributed by atoms with Gasteiger partial charge in [-0.15, -0.1) is 18.3 Å². The first kappa shape index (κ1) is 31.6. The number of aliphatic hydroxyl groups is 1. The summed E-state index contributed by atoms with van der Waals surface area (Å²) in [5.41, 5.74) is 0.134. The van der Waals surface area contributed by atoms with Crippen LogP contribution < -0.4 is 0 Å². The van der Waals surface area contributed by atoms with Crippen LogP contribution in [0.15, 0.2) is 79.9 Å². The molecule has 2 amide bonds. The zero-order valence-electron chi connectivity index (χ0n) is 26.2. The van der Waals surface area contributed by atoms with E-state index in [0.717, 1.165) is 11.1 Å². The molecular weight excluding hydrogens is 586 g/mol. The molecule has 1 aromatic heterocycles. The third-order valence-corrected chi connectivity index (χ3v) is 9.98. The average Bonchev–Trinajstić information content (AvgIpc) is 3.81. The Balaban J connectivity index is 1.43. The summed E-state index contributed by atoms with van der Waals surface area (Å²) in [7, 11) is 0. The molecule has 0 saturated carbocycles. The lowest BCUT2D eigenvalue weighted by Crippen LogP contribution is -2.59. The number of rotatable bonds is 14. The number of amides is 2. The summed E-state index contributed by atoms with van der Waals surface area (Å²) in [4.78, 5) is 46.6. The van der Waals surface area contributed by atoms with Crippen molar-refractivity contribution in [1.29, 1.82) is 0 Å². The van der Waals surface area contributed by atoms with Crippen molar-refractivity contribution in [2.45, 2.75) is 69.0 Å². The van der Waals surface area contributed by atoms with Crippen molar-refractivity contribution in [2.24, 2.45) is 11.8 Å². The average molecular weight is 628 g/mol. The van der Waals surface area contributed by atoms with Crippen molar-refractivity contribution < 1.29 is 29.0 Å². The Kier molecular flexibility index (Phi) is 8.80. The molecule has 3 aliphatic rings. The molecule has 4 heterocycles. The van der Waals surface area contributed by atoms with Crippen LogP contribution >= 0.6 is 0 Å². The molecule has 242 valence electrons. The molecule has 6 rings (SSSR count). The van der Waals surface area contributed by atoms with Crippen molar-refractivity contribution in [2.75, 3.05) is 19.8 Å². The van der Waals surface area contributed by atoms with Crippen LogP contribution in [-0.4, -0.2) is 90.7 Å². The number of hydrogen-bond donors (Lipinski definition) is 1. The van der Waals surface area contributed by atoms with E-state index in [-0.39, 0.29) is 38.2 Å². The predicted octanol–water partition coefficient (Wildman–Crippen LogP) is 3.28. The fraction of sp³-hybridized carbons (Fsp3) is 0.457. The van der Waals surface area contributed by atoms with E-state index in [4.69, 9.17) is 9.47 Å². The van der Waals surface area contributed by atoms with Crippen LogP contribution in [0.25, 0.3) is 11.0 Å². The topological polar surface area (TPSA) is 127 Å². The molecule has 6 atom stereocenters. The molecule has 3 aliphatic heterocycles. The SMILES string of the molecule is C=CCCOC(=O)[C@@H]1[C@H]2C(=O)N([C@@H](CO)Cc3ccccc3)C(C(=O)N(CC=C)Cn3nnc4ccccc43)C23CC[C@@]1(CC)O3. The van der Waals surface area contributed by atoms with Crippen molar-refractivity contribution in [1.82, 2.24) is 24.8 Å². The number of hydrogen-bond acceptors (Lipinski definition) is 8. The van der Waals surface area contributed by atoms with E-state index >= 15 is 0 Å². The Labute approximate surface area is 268 Å². The molecule has 11 nitrogen and oxygen atoms in total. The number of fused-ring (bicyclic) bond motifs is 2. The fourth-order valence-electron chi connectivity index (χ4n) is 7.89. The fourth-order valence-corrected chi connectivity index (χ4v) is 7.89. The standard InChI is InChI=1S/C35H41N5O6/c1-4-7-20-45-33(44)29-28-31(42)40(25(22-41)21-24-13-9-8-10-14-24)30(35(28)18-17-34(29,6-3)46-35)32(43)38(19-5-2)23-39-27-16-12-11-15-26(27)36-37-39/h4-5,8-16,25,28-30,41H,1-2,6-7,17-23H2,3H3/t25-,28+,29+,30?,34-,35?/m1/s1. The van der Waals surface area contributed by atoms with E-state index in [1.807, 2.05) is 61.5 Å². The van der Waals surface area contributed by atoms with Crippen LogP contribution in [0, 0.1) is 11.8 Å². The number of benzene rings is 2. The van der Waals surface area contributed by atoms with E-state index < -0.39 is 41.1 Å². The number of carbonyl (C=O) groups excluding carboxylic acids is 3. The van der Waals surface area contributed by atoms with E-state index in [0.29, 0.717) is 37.6 Å². The molecule has 2 aromatic carbocycles. The molecule has 46 heavy (non-hydrogen) atoms. The third-order valence-electron chi connectivity index (χ3n) is 9.98. The first-order chi connectivity index (χ1) is 22.3. The third kappa shape index (κ3) is 5.11. The summed E-state index contributed by atoms with van der Waals surface area (Å²) >= 11 is 0. The molecule has 2 bridgehead atoms. The highest BCUT2D eigenvalue weighted by Crippen LogP contribution is 2.65. The second-order valence-corrected chi connectivity index (χ2v) is 12.4. The maximum absolute atomic E-state index is 15.0. The highest BCUT2D eigenvalue weighted by molar-refractivity contribution is 5.98. The van der Waals surface area contributed by atoms with Gasteiger partial charge < -0.3 is 24.4 Å². The van der Waals surface area contributed by atoms with Crippen LogP contribution in [-0.2, 0) is 36.9 Å². The van der Waals surface area contributed by atoms with Gasteiger partial charge in [0.25, 0.3) is 0 Å². The van der Waals surface area contributed by atoms with Crippen molar-refractivity contribution in [3.05, 3.63) is 85.5 Å². The van der Waals surface area contributed by atoms with Gasteiger partial charge >= 0.3 is 5.97 Å². The molecule has 1 spiro atoms. The predicted molar refractivity (Wildman–Crippen MR) is 170 cm³/mol. The van der Waals surface area contributed by atoms with E-state index in [1.165, 1.54) is 4.90 Å². The number of esters is 1.